The smallest absolute Gasteiger partial charge is 0.294 e. The standard InChI is InChI=1S/C10H6ClF5O/c1-4(17)8-6(9(12)13)2-5(11)3-7(8)10(14,15)16/h2-3,9H,1H3. The lowest BCUT2D eigenvalue weighted by Gasteiger charge is -2.15. The van der Waals surface area contributed by atoms with Gasteiger partial charge in [-0.3, -0.25) is 4.79 Å². The number of hydrogen-bond acceptors (Lipinski definition) is 1. The van der Waals surface area contributed by atoms with Crippen LogP contribution in [0.3, 0.4) is 0 Å². The van der Waals surface area contributed by atoms with Crippen molar-refractivity contribution in [1.29, 1.82) is 0 Å². The van der Waals surface area contributed by atoms with E-state index in [4.69, 9.17) is 11.6 Å². The summed E-state index contributed by atoms with van der Waals surface area (Å²) in [6.07, 6.45) is -8.11. The molecule has 94 valence electrons. The largest absolute Gasteiger partial charge is 0.417 e. The van der Waals surface area contributed by atoms with Gasteiger partial charge in [-0.25, -0.2) is 8.78 Å². The zero-order valence-electron chi connectivity index (χ0n) is 8.41. The maximum atomic E-state index is 12.6. The molecule has 0 atom stereocenters. The van der Waals surface area contributed by atoms with Gasteiger partial charge in [0.1, 0.15) is 0 Å². The maximum absolute atomic E-state index is 12.6. The monoisotopic (exact) mass is 272 g/mol. The highest BCUT2D eigenvalue weighted by molar-refractivity contribution is 6.31. The number of benzene rings is 1. The number of hydrogen-bond donors (Lipinski definition) is 0. The summed E-state index contributed by atoms with van der Waals surface area (Å²) in [7, 11) is 0. The predicted molar refractivity (Wildman–Crippen MR) is 51.4 cm³/mol. The molecule has 0 N–H and O–H groups in total. The Labute approximate surface area is 98.2 Å². The van der Waals surface area contributed by atoms with Crippen LogP contribution in [0, 0.1) is 0 Å². The van der Waals surface area contributed by atoms with Crippen LogP contribution < -0.4 is 0 Å². The number of halogens is 6. The molecule has 0 aliphatic carbocycles. The second-order valence-corrected chi connectivity index (χ2v) is 3.71. The predicted octanol–water partition coefficient (Wildman–Crippen LogP) is 4.50. The van der Waals surface area contributed by atoms with Crippen LogP contribution in [0.25, 0.3) is 0 Å². The fraction of sp³-hybridized carbons (Fsp3) is 0.300. The molecule has 1 aromatic carbocycles. The molecule has 0 spiro atoms. The van der Waals surface area contributed by atoms with E-state index in [2.05, 4.69) is 0 Å². The first-order valence-electron chi connectivity index (χ1n) is 4.34. The van der Waals surface area contributed by atoms with Crippen LogP contribution in [0.1, 0.15) is 34.8 Å². The molecule has 0 aromatic heterocycles. The van der Waals surface area contributed by atoms with Gasteiger partial charge < -0.3 is 0 Å². The van der Waals surface area contributed by atoms with E-state index in [1.165, 1.54) is 0 Å². The van der Waals surface area contributed by atoms with Crippen molar-refractivity contribution in [2.75, 3.05) is 0 Å². The average Bonchev–Trinajstić information content (AvgIpc) is 2.14. The van der Waals surface area contributed by atoms with Crippen LogP contribution in [0.2, 0.25) is 5.02 Å². The lowest BCUT2D eigenvalue weighted by molar-refractivity contribution is -0.138. The normalized spacial score (nSPS) is 12.0. The van der Waals surface area contributed by atoms with Gasteiger partial charge in [-0.05, 0) is 19.1 Å². The van der Waals surface area contributed by atoms with Gasteiger partial charge in [0.15, 0.2) is 5.78 Å². The quantitative estimate of drug-likeness (QED) is 0.572. The van der Waals surface area contributed by atoms with Gasteiger partial charge in [0.25, 0.3) is 6.43 Å². The van der Waals surface area contributed by atoms with Crippen LogP contribution in [-0.4, -0.2) is 5.78 Å². The van der Waals surface area contributed by atoms with Crippen LogP contribution in [0.15, 0.2) is 12.1 Å². The van der Waals surface area contributed by atoms with Gasteiger partial charge >= 0.3 is 6.18 Å². The highest BCUT2D eigenvalue weighted by Crippen LogP contribution is 2.38. The van der Waals surface area contributed by atoms with E-state index in [0.717, 1.165) is 6.92 Å². The molecule has 0 heterocycles. The Kier molecular flexibility index (Phi) is 3.76. The molecular formula is C10H6ClF5O. The molecule has 0 saturated heterocycles. The maximum Gasteiger partial charge on any atom is 0.417 e. The SMILES string of the molecule is CC(=O)c1c(C(F)F)cc(Cl)cc1C(F)(F)F. The minimum Gasteiger partial charge on any atom is -0.294 e. The van der Waals surface area contributed by atoms with Crippen molar-refractivity contribution in [1.82, 2.24) is 0 Å². The summed E-state index contributed by atoms with van der Waals surface area (Å²) in [5.41, 5.74) is -3.47. The number of Topliss-reactive ketones (excluding diaryl/α,β-unsaturated/α-hetero) is 1. The van der Waals surface area contributed by atoms with E-state index < -0.39 is 40.1 Å². The summed E-state index contributed by atoms with van der Waals surface area (Å²) in [6, 6.07) is 1.13. The lowest BCUT2D eigenvalue weighted by atomic mass is 9.97. The first-order valence-corrected chi connectivity index (χ1v) is 4.72. The first-order chi connectivity index (χ1) is 7.64. The average molecular weight is 273 g/mol. The molecular weight excluding hydrogens is 267 g/mol. The summed E-state index contributed by atoms with van der Waals surface area (Å²) < 4.78 is 62.8. The van der Waals surface area contributed by atoms with Crippen LogP contribution >= 0.6 is 11.6 Å². The lowest BCUT2D eigenvalue weighted by Crippen LogP contribution is -2.14. The molecule has 1 aromatic rings. The Balaban J connectivity index is 3.64. The number of carbonyl (C=O) groups excluding carboxylic acids is 1. The molecule has 17 heavy (non-hydrogen) atoms. The molecule has 0 unspecified atom stereocenters. The Morgan fingerprint density at radius 3 is 2.18 bits per heavy atom. The number of alkyl halides is 5. The van der Waals surface area contributed by atoms with E-state index in [9.17, 15) is 26.7 Å². The van der Waals surface area contributed by atoms with E-state index in [0.29, 0.717) is 12.1 Å². The van der Waals surface area contributed by atoms with Crippen molar-refractivity contribution in [2.45, 2.75) is 19.5 Å². The molecule has 1 nitrogen and oxygen atoms in total. The summed E-state index contributed by atoms with van der Waals surface area (Å²) in [4.78, 5) is 11.1. The van der Waals surface area contributed by atoms with Gasteiger partial charge in [-0.1, -0.05) is 11.6 Å². The second kappa shape index (κ2) is 4.60. The van der Waals surface area contributed by atoms with E-state index in [-0.39, 0.29) is 0 Å². The van der Waals surface area contributed by atoms with Crippen molar-refractivity contribution in [3.63, 3.8) is 0 Å². The van der Waals surface area contributed by atoms with Crippen molar-refractivity contribution >= 4 is 17.4 Å². The molecule has 0 fully saturated rings. The molecule has 0 bridgehead atoms. The molecule has 0 aliphatic heterocycles. The van der Waals surface area contributed by atoms with Crippen molar-refractivity contribution in [3.05, 3.63) is 33.8 Å². The van der Waals surface area contributed by atoms with Crippen molar-refractivity contribution < 1.29 is 26.7 Å². The fourth-order valence-electron chi connectivity index (χ4n) is 1.42. The van der Waals surface area contributed by atoms with Crippen molar-refractivity contribution in [2.24, 2.45) is 0 Å². The van der Waals surface area contributed by atoms with E-state index in [1.54, 1.807) is 0 Å². The molecule has 7 heteroatoms. The highest BCUT2D eigenvalue weighted by atomic mass is 35.5. The van der Waals surface area contributed by atoms with Crippen molar-refractivity contribution in [3.8, 4) is 0 Å². The third-order valence-corrected chi connectivity index (χ3v) is 2.24. The molecule has 0 aliphatic rings. The zero-order valence-corrected chi connectivity index (χ0v) is 9.16. The van der Waals surface area contributed by atoms with Gasteiger partial charge in [0, 0.05) is 16.1 Å². The minimum absolute atomic E-state index is 0.462. The molecule has 1 rings (SSSR count). The van der Waals surface area contributed by atoms with Gasteiger partial charge in [-0.2, -0.15) is 13.2 Å². The zero-order chi connectivity index (χ0) is 13.4. The van der Waals surface area contributed by atoms with Gasteiger partial charge in [-0.15, -0.1) is 0 Å². The topological polar surface area (TPSA) is 17.1 Å². The molecule has 0 amide bonds. The molecule has 0 saturated carbocycles. The van der Waals surface area contributed by atoms with E-state index in [1.807, 2.05) is 0 Å². The van der Waals surface area contributed by atoms with Crippen LogP contribution in [0.4, 0.5) is 22.0 Å². The van der Waals surface area contributed by atoms with Crippen LogP contribution in [0.5, 0.6) is 0 Å². The van der Waals surface area contributed by atoms with Gasteiger partial charge in [0.2, 0.25) is 0 Å². The third-order valence-electron chi connectivity index (χ3n) is 2.03. The minimum atomic E-state index is -4.91. The Morgan fingerprint density at radius 2 is 1.82 bits per heavy atom. The first kappa shape index (κ1) is 13.9. The Morgan fingerprint density at radius 1 is 1.29 bits per heavy atom. The second-order valence-electron chi connectivity index (χ2n) is 3.27. The van der Waals surface area contributed by atoms with Gasteiger partial charge in [0.05, 0.1) is 5.56 Å². The third kappa shape index (κ3) is 2.94. The Hall–Kier alpha value is -1.17. The molecule has 0 radical (unpaired) electrons. The van der Waals surface area contributed by atoms with E-state index >= 15 is 0 Å². The fourth-order valence-corrected chi connectivity index (χ4v) is 1.64. The summed E-state index contributed by atoms with van der Waals surface area (Å²) in [5.74, 6) is -1.08. The summed E-state index contributed by atoms with van der Waals surface area (Å²) in [5, 5.41) is -0.488. The summed E-state index contributed by atoms with van der Waals surface area (Å²) in [6.45, 7) is 0.796. The Bertz CT molecular complexity index is 453. The number of ketones is 1. The van der Waals surface area contributed by atoms with Crippen LogP contribution in [-0.2, 0) is 6.18 Å². The summed E-state index contributed by atoms with van der Waals surface area (Å²) >= 11 is 5.33. The highest BCUT2D eigenvalue weighted by Gasteiger charge is 2.37. The number of carbonyl (C=O) groups is 1. The number of rotatable bonds is 2.